The van der Waals surface area contributed by atoms with Crippen LogP contribution in [0.1, 0.15) is 70.3 Å². The van der Waals surface area contributed by atoms with Gasteiger partial charge in [-0.2, -0.15) is 0 Å². The van der Waals surface area contributed by atoms with Gasteiger partial charge in [-0.15, -0.1) is 0 Å². The highest BCUT2D eigenvalue weighted by Crippen LogP contribution is 2.31. The van der Waals surface area contributed by atoms with Gasteiger partial charge in [0.1, 0.15) is 12.7 Å². The molecular weight excluding hydrogens is 426 g/mol. The molecule has 1 aliphatic carbocycles. The molecule has 182 valence electrons. The summed E-state index contributed by atoms with van der Waals surface area (Å²) in [5, 5.41) is 9.85. The van der Waals surface area contributed by atoms with Crippen molar-refractivity contribution in [1.29, 1.82) is 0 Å². The van der Waals surface area contributed by atoms with Gasteiger partial charge in [-0.3, -0.25) is 9.59 Å². The summed E-state index contributed by atoms with van der Waals surface area (Å²) >= 11 is 0. The summed E-state index contributed by atoms with van der Waals surface area (Å²) in [7, 11) is 0. The van der Waals surface area contributed by atoms with Crippen LogP contribution in [0.4, 0.5) is 8.78 Å². The molecule has 2 rings (SSSR count). The van der Waals surface area contributed by atoms with Crippen molar-refractivity contribution in [1.82, 2.24) is 0 Å². The first-order chi connectivity index (χ1) is 15.8. The third-order valence-corrected chi connectivity index (χ3v) is 6.01. The number of esters is 1. The molecule has 0 fully saturated rings. The highest BCUT2D eigenvalue weighted by atomic mass is 19.3. The molecule has 0 amide bonds. The summed E-state index contributed by atoms with van der Waals surface area (Å²) in [6, 6.07) is 9.54. The van der Waals surface area contributed by atoms with E-state index < -0.39 is 12.0 Å². The number of allylic oxidation sites excluding steroid dienone is 3. The summed E-state index contributed by atoms with van der Waals surface area (Å²) in [5.74, 6) is -3.90. The Hall–Kier alpha value is -2.34. The van der Waals surface area contributed by atoms with E-state index in [-0.39, 0.29) is 36.6 Å². The Morgan fingerprint density at radius 3 is 2.61 bits per heavy atom. The van der Waals surface area contributed by atoms with Gasteiger partial charge in [-0.1, -0.05) is 81.2 Å². The molecule has 4 nitrogen and oxygen atoms in total. The van der Waals surface area contributed by atoms with Crippen LogP contribution in [-0.4, -0.2) is 28.9 Å². The fourth-order valence-electron chi connectivity index (χ4n) is 3.92. The van der Waals surface area contributed by atoms with Crippen LogP contribution >= 0.6 is 0 Å². The normalized spacial score (nSPS) is 19.3. The minimum absolute atomic E-state index is 0.00127. The number of ether oxygens (including phenoxy) is 1. The van der Waals surface area contributed by atoms with E-state index in [2.05, 4.69) is 0 Å². The molecular formula is C27H36F2O4. The van der Waals surface area contributed by atoms with E-state index in [1.54, 1.807) is 12.2 Å². The fraction of sp³-hybridized carbons (Fsp3) is 0.556. The molecule has 2 unspecified atom stereocenters. The molecule has 0 radical (unpaired) electrons. The van der Waals surface area contributed by atoms with Gasteiger partial charge < -0.3 is 9.84 Å². The number of hydrogen-bond donors (Lipinski definition) is 1. The van der Waals surface area contributed by atoms with Gasteiger partial charge in [0.05, 0.1) is 0 Å². The summed E-state index contributed by atoms with van der Waals surface area (Å²) in [5.41, 5.74) is 0.960. The van der Waals surface area contributed by atoms with Crippen molar-refractivity contribution in [2.75, 3.05) is 0 Å². The number of unbranched alkanes of at least 4 members (excludes halogenated alkanes) is 4. The predicted octanol–water partition coefficient (Wildman–Crippen LogP) is 6.18. The zero-order valence-electron chi connectivity index (χ0n) is 19.4. The number of carbonyl (C=O) groups excluding carboxylic acids is 2. The Kier molecular flexibility index (Phi) is 11.4. The van der Waals surface area contributed by atoms with Gasteiger partial charge in [0, 0.05) is 24.7 Å². The lowest BCUT2D eigenvalue weighted by atomic mass is 9.88. The first-order valence-electron chi connectivity index (χ1n) is 12.0. The number of hydrogen-bond acceptors (Lipinski definition) is 4. The van der Waals surface area contributed by atoms with E-state index in [9.17, 15) is 23.5 Å². The molecule has 33 heavy (non-hydrogen) atoms. The SMILES string of the molecule is CCCCC(F)(F)C(O)/C=C/[C@H]1C=CC(=O)C1CCCCCCC(=O)OCc1ccccc1. The minimum atomic E-state index is -3.16. The van der Waals surface area contributed by atoms with E-state index >= 15 is 0 Å². The van der Waals surface area contributed by atoms with Gasteiger partial charge in [0.25, 0.3) is 5.92 Å². The first kappa shape index (κ1) is 26.9. The molecule has 0 heterocycles. The van der Waals surface area contributed by atoms with Gasteiger partial charge in [0.15, 0.2) is 5.78 Å². The maximum atomic E-state index is 13.9. The Morgan fingerprint density at radius 2 is 1.88 bits per heavy atom. The van der Waals surface area contributed by atoms with Crippen LogP contribution in [0.25, 0.3) is 0 Å². The van der Waals surface area contributed by atoms with Crippen LogP contribution in [0.2, 0.25) is 0 Å². The van der Waals surface area contributed by atoms with Crippen LogP contribution in [0, 0.1) is 11.8 Å². The second-order valence-electron chi connectivity index (χ2n) is 8.74. The maximum absolute atomic E-state index is 13.9. The zero-order valence-corrected chi connectivity index (χ0v) is 19.4. The number of rotatable bonds is 15. The second-order valence-corrected chi connectivity index (χ2v) is 8.74. The number of alkyl halides is 2. The highest BCUT2D eigenvalue weighted by Gasteiger charge is 2.36. The molecule has 0 spiro atoms. The van der Waals surface area contributed by atoms with E-state index in [1.807, 2.05) is 37.3 Å². The highest BCUT2D eigenvalue weighted by molar-refractivity contribution is 5.94. The topological polar surface area (TPSA) is 63.6 Å². The molecule has 0 aliphatic heterocycles. The number of halogens is 2. The monoisotopic (exact) mass is 462 g/mol. The third kappa shape index (κ3) is 9.58. The molecule has 0 saturated heterocycles. The molecule has 1 aromatic rings. The smallest absolute Gasteiger partial charge is 0.306 e. The Bertz CT molecular complexity index is 789. The maximum Gasteiger partial charge on any atom is 0.306 e. The predicted molar refractivity (Wildman–Crippen MR) is 125 cm³/mol. The summed E-state index contributed by atoms with van der Waals surface area (Å²) in [6.07, 6.45) is 9.02. The largest absolute Gasteiger partial charge is 0.461 e. The fourth-order valence-corrected chi connectivity index (χ4v) is 3.92. The molecule has 3 atom stereocenters. The first-order valence-corrected chi connectivity index (χ1v) is 12.0. The molecule has 0 bridgehead atoms. The van der Waals surface area contributed by atoms with Crippen LogP contribution < -0.4 is 0 Å². The minimum Gasteiger partial charge on any atom is -0.461 e. The standard InChI is InChI=1S/C27H36F2O4/c1-2-3-19-27(28,29)25(31)18-16-22-15-17-24(30)23(22)13-9-4-5-10-14-26(32)33-20-21-11-7-6-8-12-21/h6-8,11-12,15-18,22-23,25,31H,2-5,9-10,13-14,19-20H2,1H3/b18-16+/t22-,23?,25?/m1/s1. The van der Waals surface area contributed by atoms with Crippen molar-refractivity contribution < 1.29 is 28.2 Å². The molecule has 1 aromatic carbocycles. The summed E-state index contributed by atoms with van der Waals surface area (Å²) in [6.45, 7) is 2.11. The van der Waals surface area contributed by atoms with Gasteiger partial charge in [0.2, 0.25) is 0 Å². The molecule has 0 aromatic heterocycles. The number of carbonyl (C=O) groups is 2. The van der Waals surface area contributed by atoms with Crippen molar-refractivity contribution in [3.8, 4) is 0 Å². The van der Waals surface area contributed by atoms with Crippen LogP contribution in [-0.2, 0) is 20.9 Å². The average molecular weight is 463 g/mol. The van der Waals surface area contributed by atoms with Gasteiger partial charge in [-0.25, -0.2) is 8.78 Å². The number of aliphatic hydroxyl groups excluding tert-OH is 1. The van der Waals surface area contributed by atoms with E-state index in [4.69, 9.17) is 4.74 Å². The summed E-state index contributed by atoms with van der Waals surface area (Å²) in [4.78, 5) is 24.0. The van der Waals surface area contributed by atoms with Crippen LogP contribution in [0.5, 0.6) is 0 Å². The van der Waals surface area contributed by atoms with Crippen molar-refractivity contribution in [3.05, 3.63) is 60.2 Å². The zero-order chi connectivity index (χ0) is 24.1. The van der Waals surface area contributed by atoms with Crippen molar-refractivity contribution in [3.63, 3.8) is 0 Å². The van der Waals surface area contributed by atoms with E-state index in [0.717, 1.165) is 37.3 Å². The van der Waals surface area contributed by atoms with Crippen LogP contribution in [0.3, 0.4) is 0 Å². The molecule has 1 aliphatic rings. The number of aliphatic hydroxyl groups is 1. The second kappa shape index (κ2) is 14.0. The molecule has 6 heteroatoms. The lowest BCUT2D eigenvalue weighted by Gasteiger charge is -2.21. The number of benzene rings is 1. The van der Waals surface area contributed by atoms with Crippen molar-refractivity contribution >= 4 is 11.8 Å². The van der Waals surface area contributed by atoms with Crippen molar-refractivity contribution in [2.24, 2.45) is 11.8 Å². The lowest BCUT2D eigenvalue weighted by Crippen LogP contribution is -2.31. The van der Waals surface area contributed by atoms with E-state index in [1.165, 1.54) is 6.08 Å². The Labute approximate surface area is 195 Å². The Morgan fingerprint density at radius 1 is 1.15 bits per heavy atom. The van der Waals surface area contributed by atoms with Crippen molar-refractivity contribution in [2.45, 2.75) is 83.3 Å². The average Bonchev–Trinajstić information content (AvgIpc) is 3.16. The summed E-state index contributed by atoms with van der Waals surface area (Å²) < 4.78 is 33.2. The Balaban J connectivity index is 1.64. The van der Waals surface area contributed by atoms with E-state index in [0.29, 0.717) is 25.7 Å². The number of ketones is 1. The van der Waals surface area contributed by atoms with Crippen LogP contribution in [0.15, 0.2) is 54.6 Å². The quantitative estimate of drug-likeness (QED) is 0.192. The lowest BCUT2D eigenvalue weighted by molar-refractivity contribution is -0.145. The molecule has 0 saturated carbocycles. The third-order valence-electron chi connectivity index (χ3n) is 6.01. The molecule has 1 N–H and O–H groups in total. The van der Waals surface area contributed by atoms with Gasteiger partial charge >= 0.3 is 5.97 Å². The van der Waals surface area contributed by atoms with Gasteiger partial charge in [-0.05, 0) is 30.9 Å².